The first kappa shape index (κ1) is 13.7. The van der Waals surface area contributed by atoms with Gasteiger partial charge in [-0.3, -0.25) is 4.79 Å². The topological polar surface area (TPSA) is 73.6 Å². The maximum absolute atomic E-state index is 12.4. The van der Waals surface area contributed by atoms with Crippen LogP contribution in [0.15, 0.2) is 42.5 Å². The maximum Gasteiger partial charge on any atom is 0.263 e. The number of nitrogens with one attached hydrogen (secondary N) is 1. The van der Waals surface area contributed by atoms with E-state index in [2.05, 4.69) is 5.32 Å². The van der Waals surface area contributed by atoms with Crippen molar-refractivity contribution in [3.05, 3.63) is 48.0 Å². The van der Waals surface area contributed by atoms with E-state index < -0.39 is 0 Å². The Balaban J connectivity index is 2.33. The number of anilines is 2. The Bertz CT molecular complexity index is 604. The van der Waals surface area contributed by atoms with Crippen LogP contribution >= 0.6 is 0 Å². The molecule has 0 aromatic heterocycles. The third kappa shape index (κ3) is 2.83. The third-order valence-electron chi connectivity index (χ3n) is 2.80. The van der Waals surface area contributed by atoms with Crippen LogP contribution in [0.2, 0.25) is 0 Å². The first-order valence-electron chi connectivity index (χ1n) is 6.03. The molecule has 0 saturated heterocycles. The highest BCUT2D eigenvalue weighted by atomic mass is 16.5. The zero-order valence-corrected chi connectivity index (χ0v) is 11.3. The van der Waals surface area contributed by atoms with E-state index in [1.165, 1.54) is 14.2 Å². The monoisotopic (exact) mass is 272 g/mol. The van der Waals surface area contributed by atoms with Crippen molar-refractivity contribution in [3.63, 3.8) is 0 Å². The predicted octanol–water partition coefficient (Wildman–Crippen LogP) is 2.54. The maximum atomic E-state index is 12.4. The number of amides is 1. The molecule has 0 atom stereocenters. The standard InChI is InChI=1S/C15H16N2O3/c1-19-12-7-4-8-13(20-2)14(12)15(18)17-11-6-3-5-10(16)9-11/h3-9H,16H2,1-2H3,(H,17,18). The Labute approximate surface area is 117 Å². The molecule has 0 aliphatic rings. The van der Waals surface area contributed by atoms with Crippen LogP contribution in [0, 0.1) is 0 Å². The lowest BCUT2D eigenvalue weighted by Crippen LogP contribution is -2.14. The molecule has 0 bridgehead atoms. The van der Waals surface area contributed by atoms with Gasteiger partial charge in [0.15, 0.2) is 0 Å². The van der Waals surface area contributed by atoms with Crippen molar-refractivity contribution in [3.8, 4) is 11.5 Å². The minimum absolute atomic E-state index is 0.315. The van der Waals surface area contributed by atoms with Crippen LogP contribution in [0.4, 0.5) is 11.4 Å². The summed E-state index contributed by atoms with van der Waals surface area (Å²) in [4.78, 5) is 12.4. The van der Waals surface area contributed by atoms with Crippen molar-refractivity contribution in [2.24, 2.45) is 0 Å². The molecule has 5 heteroatoms. The molecule has 20 heavy (non-hydrogen) atoms. The molecule has 0 unspecified atom stereocenters. The number of methoxy groups -OCH3 is 2. The van der Waals surface area contributed by atoms with Gasteiger partial charge in [-0.2, -0.15) is 0 Å². The largest absolute Gasteiger partial charge is 0.496 e. The van der Waals surface area contributed by atoms with Gasteiger partial charge in [0.25, 0.3) is 5.91 Å². The number of hydrogen-bond donors (Lipinski definition) is 2. The van der Waals surface area contributed by atoms with Crippen LogP contribution in [0.5, 0.6) is 11.5 Å². The van der Waals surface area contributed by atoms with Crippen molar-refractivity contribution >= 4 is 17.3 Å². The number of hydrogen-bond acceptors (Lipinski definition) is 4. The highest BCUT2D eigenvalue weighted by molar-refractivity contribution is 6.08. The van der Waals surface area contributed by atoms with Crippen LogP contribution in [0.1, 0.15) is 10.4 Å². The molecule has 3 N–H and O–H groups in total. The molecule has 0 saturated carbocycles. The van der Waals surface area contributed by atoms with Crippen molar-refractivity contribution < 1.29 is 14.3 Å². The molecule has 0 heterocycles. The third-order valence-corrected chi connectivity index (χ3v) is 2.80. The van der Waals surface area contributed by atoms with E-state index in [4.69, 9.17) is 15.2 Å². The molecule has 0 fully saturated rings. The van der Waals surface area contributed by atoms with E-state index in [0.717, 1.165) is 0 Å². The van der Waals surface area contributed by atoms with E-state index in [9.17, 15) is 4.79 Å². The van der Waals surface area contributed by atoms with Crippen molar-refractivity contribution in [1.82, 2.24) is 0 Å². The van der Waals surface area contributed by atoms with Gasteiger partial charge in [0, 0.05) is 11.4 Å². The Kier molecular flexibility index (Phi) is 4.10. The summed E-state index contributed by atoms with van der Waals surface area (Å²) in [6.45, 7) is 0. The molecule has 1 amide bonds. The average Bonchev–Trinajstić information content (AvgIpc) is 2.46. The molecule has 2 aromatic carbocycles. The molecule has 0 spiro atoms. The fourth-order valence-corrected chi connectivity index (χ4v) is 1.89. The van der Waals surface area contributed by atoms with E-state index in [1.807, 2.05) is 0 Å². The van der Waals surface area contributed by atoms with Crippen LogP contribution in [0.25, 0.3) is 0 Å². The molecule has 104 valence electrons. The summed E-state index contributed by atoms with van der Waals surface area (Å²) in [7, 11) is 3.01. The normalized spacial score (nSPS) is 9.90. The predicted molar refractivity (Wildman–Crippen MR) is 78.4 cm³/mol. The Morgan fingerprint density at radius 2 is 1.65 bits per heavy atom. The van der Waals surface area contributed by atoms with Gasteiger partial charge in [-0.25, -0.2) is 0 Å². The number of rotatable bonds is 4. The van der Waals surface area contributed by atoms with Gasteiger partial charge >= 0.3 is 0 Å². The number of nitrogen functional groups attached to an aromatic ring is 1. The molecule has 5 nitrogen and oxygen atoms in total. The van der Waals surface area contributed by atoms with E-state index in [1.54, 1.807) is 42.5 Å². The van der Waals surface area contributed by atoms with E-state index in [-0.39, 0.29) is 5.91 Å². The van der Waals surface area contributed by atoms with Crippen LogP contribution < -0.4 is 20.5 Å². The summed E-state index contributed by atoms with van der Waals surface area (Å²) in [6.07, 6.45) is 0. The molecule has 2 aromatic rings. The number of nitrogens with two attached hydrogens (primary N) is 1. The SMILES string of the molecule is COc1cccc(OC)c1C(=O)Nc1cccc(N)c1. The highest BCUT2D eigenvalue weighted by Gasteiger charge is 2.18. The second-order valence-electron chi connectivity index (χ2n) is 4.12. The summed E-state index contributed by atoms with van der Waals surface area (Å²) in [6, 6.07) is 12.1. The van der Waals surface area contributed by atoms with Crippen LogP contribution in [0.3, 0.4) is 0 Å². The zero-order valence-electron chi connectivity index (χ0n) is 11.3. The van der Waals surface area contributed by atoms with Gasteiger partial charge in [0.05, 0.1) is 14.2 Å². The highest BCUT2D eigenvalue weighted by Crippen LogP contribution is 2.29. The summed E-state index contributed by atoms with van der Waals surface area (Å²) < 4.78 is 10.4. The Morgan fingerprint density at radius 3 is 2.20 bits per heavy atom. The number of carbonyl (C=O) groups is 1. The van der Waals surface area contributed by atoms with Gasteiger partial charge in [-0.15, -0.1) is 0 Å². The Hall–Kier alpha value is -2.69. The smallest absolute Gasteiger partial charge is 0.263 e. The molecular formula is C15H16N2O3. The van der Waals surface area contributed by atoms with E-state index in [0.29, 0.717) is 28.4 Å². The average molecular weight is 272 g/mol. The molecule has 0 aliphatic heterocycles. The van der Waals surface area contributed by atoms with Crippen LogP contribution in [-0.2, 0) is 0 Å². The second-order valence-corrected chi connectivity index (χ2v) is 4.12. The number of ether oxygens (including phenoxy) is 2. The fourth-order valence-electron chi connectivity index (χ4n) is 1.89. The van der Waals surface area contributed by atoms with Crippen molar-refractivity contribution in [2.75, 3.05) is 25.3 Å². The van der Waals surface area contributed by atoms with Gasteiger partial charge in [-0.1, -0.05) is 12.1 Å². The first-order valence-corrected chi connectivity index (χ1v) is 6.03. The minimum atomic E-state index is -0.315. The van der Waals surface area contributed by atoms with Crippen molar-refractivity contribution in [1.29, 1.82) is 0 Å². The van der Waals surface area contributed by atoms with Crippen molar-refractivity contribution in [2.45, 2.75) is 0 Å². The van der Waals surface area contributed by atoms with Gasteiger partial charge < -0.3 is 20.5 Å². The number of carbonyl (C=O) groups excluding carboxylic acids is 1. The molecule has 2 rings (SSSR count). The number of benzene rings is 2. The minimum Gasteiger partial charge on any atom is -0.496 e. The van der Waals surface area contributed by atoms with Gasteiger partial charge in [-0.05, 0) is 30.3 Å². The lowest BCUT2D eigenvalue weighted by atomic mass is 10.1. The summed E-state index contributed by atoms with van der Waals surface area (Å²) in [5.41, 5.74) is 7.22. The second kappa shape index (κ2) is 5.97. The summed E-state index contributed by atoms with van der Waals surface area (Å²) in [5.74, 6) is 0.585. The molecular weight excluding hydrogens is 256 g/mol. The van der Waals surface area contributed by atoms with Gasteiger partial charge in [0.2, 0.25) is 0 Å². The Morgan fingerprint density at radius 1 is 1.05 bits per heavy atom. The zero-order chi connectivity index (χ0) is 14.5. The summed E-state index contributed by atoms with van der Waals surface area (Å²) in [5, 5.41) is 2.77. The fraction of sp³-hybridized carbons (Fsp3) is 0.133. The first-order chi connectivity index (χ1) is 9.65. The quantitative estimate of drug-likeness (QED) is 0.839. The van der Waals surface area contributed by atoms with Gasteiger partial charge in [0.1, 0.15) is 17.1 Å². The lowest BCUT2D eigenvalue weighted by molar-refractivity contribution is 0.102. The lowest BCUT2D eigenvalue weighted by Gasteiger charge is -2.13. The van der Waals surface area contributed by atoms with Crippen LogP contribution in [-0.4, -0.2) is 20.1 Å². The molecule has 0 radical (unpaired) electrons. The molecule has 0 aliphatic carbocycles. The van der Waals surface area contributed by atoms with E-state index >= 15 is 0 Å². The summed E-state index contributed by atoms with van der Waals surface area (Å²) >= 11 is 0.